The van der Waals surface area contributed by atoms with Crippen molar-refractivity contribution >= 4 is 27.5 Å². The first-order chi connectivity index (χ1) is 11.9. The Hall–Kier alpha value is -2.11. The summed E-state index contributed by atoms with van der Waals surface area (Å²) in [5, 5.41) is 5.48. The van der Waals surface area contributed by atoms with Crippen molar-refractivity contribution in [1.82, 2.24) is 9.78 Å². The predicted octanol–water partition coefficient (Wildman–Crippen LogP) is 4.73. The molecule has 0 aliphatic rings. The maximum atomic E-state index is 13.8. The Bertz CT molecular complexity index is 830. The quantitative estimate of drug-likeness (QED) is 0.546. The average molecular weight is 448 g/mol. The van der Waals surface area contributed by atoms with Crippen LogP contribution in [0.4, 0.5) is 36.4 Å². The lowest BCUT2D eigenvalue weighted by Gasteiger charge is -2.16. The van der Waals surface area contributed by atoms with Gasteiger partial charge in [-0.1, -0.05) is 0 Å². The molecule has 0 saturated carbocycles. The van der Waals surface area contributed by atoms with E-state index in [0.29, 0.717) is 10.2 Å². The lowest BCUT2D eigenvalue weighted by Crippen LogP contribution is -2.26. The number of amides is 1. The van der Waals surface area contributed by atoms with Crippen molar-refractivity contribution in [2.45, 2.75) is 26.1 Å². The number of alkyl halides is 3. The van der Waals surface area contributed by atoms with Crippen LogP contribution in [0.1, 0.15) is 24.2 Å². The van der Waals surface area contributed by atoms with Gasteiger partial charge in [0.05, 0.1) is 10.2 Å². The van der Waals surface area contributed by atoms with Crippen LogP contribution in [0.2, 0.25) is 0 Å². The molecule has 1 atom stereocenters. The average Bonchev–Trinajstić information content (AvgIpc) is 2.86. The molecule has 1 aromatic heterocycles. The SMILES string of the molecule is Cc1nn(C(C)C(=O)Nc2c(F)c(F)c(C(F)(F)F)c(F)c2F)cc1Br. The molecule has 0 aliphatic carbocycles. The molecule has 0 aliphatic heterocycles. The number of aromatic nitrogens is 2. The fourth-order valence-electron chi connectivity index (χ4n) is 2.00. The summed E-state index contributed by atoms with van der Waals surface area (Å²) in [6.45, 7) is 2.84. The molecule has 2 aromatic rings. The maximum Gasteiger partial charge on any atom is 0.422 e. The molecule has 0 saturated heterocycles. The van der Waals surface area contributed by atoms with Gasteiger partial charge in [-0.25, -0.2) is 17.6 Å². The minimum atomic E-state index is -5.66. The van der Waals surface area contributed by atoms with Gasteiger partial charge < -0.3 is 5.32 Å². The van der Waals surface area contributed by atoms with Gasteiger partial charge in [-0.2, -0.15) is 18.3 Å². The molecule has 1 heterocycles. The van der Waals surface area contributed by atoms with Gasteiger partial charge >= 0.3 is 6.18 Å². The van der Waals surface area contributed by atoms with Gasteiger partial charge in [0.15, 0.2) is 23.3 Å². The zero-order valence-corrected chi connectivity index (χ0v) is 14.6. The number of halogens is 8. The Kier molecular flexibility index (Phi) is 5.36. The van der Waals surface area contributed by atoms with Crippen molar-refractivity contribution in [3.05, 3.63) is 45.2 Å². The number of hydrogen-bond donors (Lipinski definition) is 1. The zero-order chi connectivity index (χ0) is 20.0. The van der Waals surface area contributed by atoms with Crippen LogP contribution in [0.3, 0.4) is 0 Å². The van der Waals surface area contributed by atoms with Crippen molar-refractivity contribution in [2.24, 2.45) is 0 Å². The normalized spacial score (nSPS) is 13.0. The Morgan fingerprint density at radius 1 is 1.15 bits per heavy atom. The number of nitrogens with one attached hydrogen (secondary N) is 1. The van der Waals surface area contributed by atoms with Crippen LogP contribution < -0.4 is 5.32 Å². The van der Waals surface area contributed by atoms with Crippen molar-refractivity contribution < 1.29 is 35.5 Å². The second-order valence-electron chi connectivity index (χ2n) is 5.21. The molecule has 1 amide bonds. The molecule has 1 N–H and O–H groups in total. The summed E-state index contributed by atoms with van der Waals surface area (Å²) in [6, 6.07) is -1.19. The molecule has 26 heavy (non-hydrogen) atoms. The molecule has 4 nitrogen and oxygen atoms in total. The lowest BCUT2D eigenvalue weighted by molar-refractivity contribution is -0.143. The molecular formula is C14H9BrF7N3O. The molecule has 142 valence electrons. The Morgan fingerprint density at radius 3 is 2.04 bits per heavy atom. The summed E-state index contributed by atoms with van der Waals surface area (Å²) >= 11 is 3.13. The number of anilines is 1. The molecule has 0 fully saturated rings. The summed E-state index contributed by atoms with van der Waals surface area (Å²) in [6.07, 6.45) is -4.30. The van der Waals surface area contributed by atoms with Gasteiger partial charge in [-0.3, -0.25) is 9.48 Å². The van der Waals surface area contributed by atoms with Gasteiger partial charge in [-0.15, -0.1) is 0 Å². The van der Waals surface area contributed by atoms with Crippen LogP contribution in [0.5, 0.6) is 0 Å². The number of aryl methyl sites for hydroxylation is 1. The largest absolute Gasteiger partial charge is 0.422 e. The van der Waals surface area contributed by atoms with Crippen LogP contribution in [-0.2, 0) is 11.0 Å². The van der Waals surface area contributed by atoms with E-state index in [2.05, 4.69) is 21.0 Å². The van der Waals surface area contributed by atoms with E-state index in [4.69, 9.17) is 0 Å². The van der Waals surface area contributed by atoms with E-state index in [9.17, 15) is 35.5 Å². The molecule has 0 bridgehead atoms. The van der Waals surface area contributed by atoms with Crippen LogP contribution in [0.15, 0.2) is 10.7 Å². The smallest absolute Gasteiger partial charge is 0.319 e. The minimum Gasteiger partial charge on any atom is -0.319 e. The van der Waals surface area contributed by atoms with Crippen LogP contribution >= 0.6 is 15.9 Å². The Labute approximate surface area is 150 Å². The van der Waals surface area contributed by atoms with Crippen molar-refractivity contribution in [3.8, 4) is 0 Å². The van der Waals surface area contributed by atoms with E-state index < -0.39 is 52.6 Å². The van der Waals surface area contributed by atoms with Crippen LogP contribution in [0.25, 0.3) is 0 Å². The van der Waals surface area contributed by atoms with Crippen molar-refractivity contribution in [1.29, 1.82) is 0 Å². The molecule has 0 spiro atoms. The summed E-state index contributed by atoms with van der Waals surface area (Å²) in [5.41, 5.74) is -3.90. The van der Waals surface area contributed by atoms with Gasteiger partial charge in [0.2, 0.25) is 5.91 Å². The standard InChI is InChI=1S/C14H9BrF7N3O/c1-4-6(15)3-25(24-4)5(2)13(26)23-12-10(18)8(16)7(14(20,21)22)9(17)11(12)19/h3,5H,1-2H3,(H,23,26). The monoisotopic (exact) mass is 447 g/mol. The number of benzene rings is 1. The molecular weight excluding hydrogens is 439 g/mol. The summed E-state index contributed by atoms with van der Waals surface area (Å²) < 4.78 is 93.9. The van der Waals surface area contributed by atoms with Crippen LogP contribution in [-0.4, -0.2) is 15.7 Å². The van der Waals surface area contributed by atoms with Crippen LogP contribution in [0, 0.1) is 30.2 Å². The first-order valence-electron chi connectivity index (χ1n) is 6.81. The van der Waals surface area contributed by atoms with E-state index in [-0.39, 0.29) is 0 Å². The van der Waals surface area contributed by atoms with E-state index >= 15 is 0 Å². The van der Waals surface area contributed by atoms with Crippen molar-refractivity contribution in [3.63, 3.8) is 0 Å². The number of carbonyl (C=O) groups excluding carboxylic acids is 1. The van der Waals surface area contributed by atoms with E-state index in [1.54, 1.807) is 12.2 Å². The molecule has 2 rings (SSSR count). The summed E-state index contributed by atoms with van der Waals surface area (Å²) in [7, 11) is 0. The predicted molar refractivity (Wildman–Crippen MR) is 79.3 cm³/mol. The van der Waals surface area contributed by atoms with Gasteiger partial charge in [0.1, 0.15) is 17.3 Å². The van der Waals surface area contributed by atoms with E-state index in [1.165, 1.54) is 13.1 Å². The fraction of sp³-hybridized carbons (Fsp3) is 0.286. The lowest BCUT2D eigenvalue weighted by atomic mass is 10.1. The second-order valence-corrected chi connectivity index (χ2v) is 6.07. The Balaban J connectivity index is 2.42. The Morgan fingerprint density at radius 2 is 1.65 bits per heavy atom. The highest BCUT2D eigenvalue weighted by Gasteiger charge is 2.42. The highest BCUT2D eigenvalue weighted by atomic mass is 79.9. The van der Waals surface area contributed by atoms with Crippen molar-refractivity contribution in [2.75, 3.05) is 5.32 Å². The highest BCUT2D eigenvalue weighted by molar-refractivity contribution is 9.10. The topological polar surface area (TPSA) is 46.9 Å². The number of nitrogens with zero attached hydrogens (tertiary/aromatic N) is 2. The summed E-state index contributed by atoms with van der Waals surface area (Å²) in [4.78, 5) is 12.1. The number of rotatable bonds is 3. The third-order valence-electron chi connectivity index (χ3n) is 3.43. The second kappa shape index (κ2) is 6.89. The summed E-state index contributed by atoms with van der Waals surface area (Å²) in [5.74, 6) is -11.2. The highest BCUT2D eigenvalue weighted by Crippen LogP contribution is 2.38. The van der Waals surface area contributed by atoms with Gasteiger partial charge in [-0.05, 0) is 29.8 Å². The third kappa shape index (κ3) is 3.55. The molecule has 1 unspecified atom stereocenters. The molecule has 1 aromatic carbocycles. The van der Waals surface area contributed by atoms with E-state index in [1.807, 2.05) is 0 Å². The molecule has 0 radical (unpaired) electrons. The number of hydrogen-bond acceptors (Lipinski definition) is 2. The maximum absolute atomic E-state index is 13.8. The minimum absolute atomic E-state index is 0.480. The number of carbonyl (C=O) groups is 1. The first kappa shape index (κ1) is 20.2. The molecule has 12 heteroatoms. The van der Waals surface area contributed by atoms with Gasteiger partial charge in [0.25, 0.3) is 0 Å². The van der Waals surface area contributed by atoms with E-state index in [0.717, 1.165) is 4.68 Å². The first-order valence-corrected chi connectivity index (χ1v) is 7.60. The third-order valence-corrected chi connectivity index (χ3v) is 4.21. The fourth-order valence-corrected chi connectivity index (χ4v) is 2.28. The zero-order valence-electron chi connectivity index (χ0n) is 13.0. The van der Waals surface area contributed by atoms with Gasteiger partial charge in [0, 0.05) is 6.20 Å².